The molecule has 18 heteroatoms. The number of methoxy groups -OCH3 is 3. The Labute approximate surface area is 578 Å². The van der Waals surface area contributed by atoms with E-state index in [1.165, 1.54) is 74.6 Å². The zero-order chi connectivity index (χ0) is 69.6. The third kappa shape index (κ3) is 19.5. The molecule has 0 aromatic carbocycles. The summed E-state index contributed by atoms with van der Waals surface area (Å²) in [6.45, 7) is 34.7. The summed E-state index contributed by atoms with van der Waals surface area (Å²) in [5, 5.41) is 0. The van der Waals surface area contributed by atoms with Gasteiger partial charge in [-0.1, -0.05) is 112 Å². The van der Waals surface area contributed by atoms with Gasteiger partial charge in [-0.3, -0.25) is 14.4 Å². The van der Waals surface area contributed by atoms with E-state index in [9.17, 15) is 28.8 Å². The first-order chi connectivity index (χ1) is 44.9. The van der Waals surface area contributed by atoms with Crippen LogP contribution in [0.3, 0.4) is 0 Å². The van der Waals surface area contributed by atoms with Gasteiger partial charge in [-0.15, -0.1) is 53.7 Å². The monoisotopic (exact) mass is 1360 g/mol. The predicted molar refractivity (Wildman–Crippen MR) is 382 cm³/mol. The summed E-state index contributed by atoms with van der Waals surface area (Å²) in [5.41, 5.74) is -0.704. The quantitative estimate of drug-likeness (QED) is 0.0612. The molecule has 3 amide bonds. The van der Waals surface area contributed by atoms with Crippen LogP contribution < -0.4 is 14.7 Å². The molecule has 6 fully saturated rings. The number of amides is 3. The molecule has 15 nitrogen and oxygen atoms in total. The van der Waals surface area contributed by atoms with E-state index in [1.807, 2.05) is 109 Å². The lowest BCUT2D eigenvalue weighted by atomic mass is 9.81. The molecule has 6 atom stereocenters. The zero-order valence-corrected chi connectivity index (χ0v) is 61.4. The Bertz CT molecular complexity index is 3290. The maximum atomic E-state index is 13.8. The van der Waals surface area contributed by atoms with E-state index in [-0.39, 0.29) is 52.1 Å². The van der Waals surface area contributed by atoms with Gasteiger partial charge in [0.15, 0.2) is 0 Å². The van der Waals surface area contributed by atoms with Crippen LogP contribution >= 0.6 is 34.0 Å². The minimum Gasteiger partial charge on any atom is -0.465 e. The summed E-state index contributed by atoms with van der Waals surface area (Å²) in [6, 6.07) is 5.32. The minimum absolute atomic E-state index is 0.0877. The highest BCUT2D eigenvalue weighted by Crippen LogP contribution is 2.45. The number of carbonyl (C=O) groups is 6. The average molecular weight is 1360 g/mol. The minimum atomic E-state index is -1.00. The number of anilines is 3. The van der Waals surface area contributed by atoms with Crippen LogP contribution in [-0.2, 0) is 42.8 Å². The maximum Gasteiger partial charge on any atom is 0.350 e. The summed E-state index contributed by atoms with van der Waals surface area (Å²) in [5.74, 6) is 18.6. The largest absolute Gasteiger partial charge is 0.465 e. The molecule has 0 spiro atoms. The third-order valence-electron chi connectivity index (χ3n) is 18.2. The number of carbonyl (C=O) groups excluding carboxylic acids is 6. The van der Waals surface area contributed by atoms with Crippen molar-refractivity contribution >= 4 is 86.7 Å². The third-order valence-corrected chi connectivity index (χ3v) is 21.3. The molecule has 0 N–H and O–H groups in total. The fraction of sp³-hybridized carbons (Fsp3) is 0.610. The van der Waals surface area contributed by atoms with E-state index in [4.69, 9.17) is 28.4 Å². The molecule has 516 valence electrons. The van der Waals surface area contributed by atoms with Gasteiger partial charge in [-0.2, -0.15) is 0 Å². The van der Waals surface area contributed by atoms with Gasteiger partial charge in [0.2, 0.25) is 0 Å². The van der Waals surface area contributed by atoms with Crippen molar-refractivity contribution in [2.75, 3.05) is 55.8 Å². The Balaban J connectivity index is 0.000000201. The zero-order valence-electron chi connectivity index (χ0n) is 58.9. The molecule has 0 radical (unpaired) electrons. The first-order valence-corrected chi connectivity index (χ1v) is 36.4. The fourth-order valence-electron chi connectivity index (χ4n) is 13.3. The van der Waals surface area contributed by atoms with Crippen molar-refractivity contribution in [3.05, 3.63) is 85.4 Å². The van der Waals surface area contributed by atoms with Gasteiger partial charge in [0.25, 0.3) is 17.7 Å². The molecule has 95 heavy (non-hydrogen) atoms. The van der Waals surface area contributed by atoms with Crippen LogP contribution in [0.15, 0.2) is 56.2 Å². The number of hydrogen-bond acceptors (Lipinski definition) is 15. The Morgan fingerprint density at radius 2 is 0.811 bits per heavy atom. The van der Waals surface area contributed by atoms with Crippen LogP contribution in [0.5, 0.6) is 0 Å². The van der Waals surface area contributed by atoms with Gasteiger partial charge in [-0.05, 0) is 151 Å². The van der Waals surface area contributed by atoms with Gasteiger partial charge in [0, 0.05) is 35.5 Å². The molecule has 1 unspecified atom stereocenters. The molecule has 3 aromatic heterocycles. The SMILES string of the molecule is C=CCC1OC[C@@H](C2CCCCC2)N(c2cc(C#CC(C)(C)C)sc2C(=O)OC)C1=O.C=CC[C@@]1(C)OC[C@@H](C2CCCCC2)N(c2cc(C#CC(C)(C)C)sc2C(=O)OC)C1=O.C=CC[C@]1(C)OC[C@@H](C2CCCCC2)N(c2cc(C#CC(C)(C)C)sc2C(=O)OC)C1=O. The fourth-order valence-corrected chi connectivity index (χ4v) is 16.0. The van der Waals surface area contributed by atoms with Crippen LogP contribution in [0.4, 0.5) is 17.1 Å². The highest BCUT2D eigenvalue weighted by Gasteiger charge is 2.51. The molecule has 9 rings (SSSR count). The van der Waals surface area contributed by atoms with Crippen LogP contribution in [0.1, 0.15) is 235 Å². The van der Waals surface area contributed by atoms with Crippen molar-refractivity contribution in [1.29, 1.82) is 0 Å². The second-order valence-electron chi connectivity index (χ2n) is 29.3. The first kappa shape index (κ1) is 76.1. The smallest absolute Gasteiger partial charge is 0.350 e. The number of hydrogen-bond donors (Lipinski definition) is 0. The van der Waals surface area contributed by atoms with Gasteiger partial charge in [0.05, 0.1) is 91.0 Å². The second kappa shape index (κ2) is 33.3. The van der Waals surface area contributed by atoms with Crippen LogP contribution in [0, 0.1) is 69.5 Å². The molecule has 6 heterocycles. The van der Waals surface area contributed by atoms with Gasteiger partial charge in [0.1, 0.15) is 31.9 Å². The van der Waals surface area contributed by atoms with Crippen molar-refractivity contribution in [2.24, 2.45) is 34.0 Å². The molecule has 3 aliphatic carbocycles. The van der Waals surface area contributed by atoms with Crippen LogP contribution in [0.2, 0.25) is 0 Å². The molecule has 3 saturated heterocycles. The highest BCUT2D eigenvalue weighted by atomic mass is 32.1. The van der Waals surface area contributed by atoms with E-state index in [1.54, 1.807) is 18.2 Å². The number of thiophene rings is 3. The molecule has 3 saturated carbocycles. The molecule has 3 aliphatic heterocycles. The summed E-state index contributed by atoms with van der Waals surface area (Å²) < 4.78 is 33.5. The van der Waals surface area contributed by atoms with Gasteiger partial charge < -0.3 is 43.1 Å². The van der Waals surface area contributed by atoms with E-state index < -0.39 is 35.2 Å². The van der Waals surface area contributed by atoms with Crippen LogP contribution in [-0.4, -0.2) is 112 Å². The predicted octanol–water partition coefficient (Wildman–Crippen LogP) is 16.3. The number of nitrogens with zero attached hydrogens (tertiary/aromatic N) is 3. The second-order valence-corrected chi connectivity index (χ2v) is 32.5. The van der Waals surface area contributed by atoms with Crippen molar-refractivity contribution in [3.8, 4) is 35.5 Å². The van der Waals surface area contributed by atoms with E-state index >= 15 is 0 Å². The van der Waals surface area contributed by atoms with E-state index in [2.05, 4.69) is 55.3 Å². The standard InChI is InChI=1S/2C26H35NO4S.C25H33NO4S/c2*1-7-14-26(5)24(29)27(21(17-31-26)18-11-9-8-10-12-18)20-16-19(13-15-25(2,3)4)32-22(20)23(28)30-6;1-6-10-21-23(27)26(20(16-30-21)17-11-8-7-9-12-17)19-15-18(13-14-25(2,3)4)31-22(19)24(28)29-5/h2*7,16,18,21H,1,8-12,14,17H2,2-6H3;6,15,17,20-21H,1,7-12,16H2,2-5H3/t21-,26+;21-,26-;20-,21?/m000/s1. The topological polar surface area (TPSA) is 168 Å². The molecular formula is C77H103N3O12S3. The Morgan fingerprint density at radius 3 is 1.09 bits per heavy atom. The van der Waals surface area contributed by atoms with E-state index in [0.29, 0.717) is 88.5 Å². The lowest BCUT2D eigenvalue weighted by Crippen LogP contribution is -2.62. The molecular weight excluding hydrogens is 1260 g/mol. The van der Waals surface area contributed by atoms with Crippen molar-refractivity contribution in [1.82, 2.24) is 0 Å². The molecule has 6 aliphatic rings. The van der Waals surface area contributed by atoms with E-state index in [0.717, 1.165) is 91.7 Å². The average Bonchev–Trinajstić information content (AvgIpc) is 1.76. The molecule has 0 bridgehead atoms. The van der Waals surface area contributed by atoms with Gasteiger partial charge >= 0.3 is 17.9 Å². The summed E-state index contributed by atoms with van der Waals surface area (Å²) in [7, 11) is 4.11. The first-order valence-electron chi connectivity index (χ1n) is 33.9. The number of esters is 3. The summed E-state index contributed by atoms with van der Waals surface area (Å²) in [6.07, 6.45) is 22.8. The number of morpholine rings is 3. The number of ether oxygens (including phenoxy) is 6. The lowest BCUT2D eigenvalue weighted by molar-refractivity contribution is -0.152. The van der Waals surface area contributed by atoms with Crippen molar-refractivity contribution in [3.63, 3.8) is 0 Å². The Morgan fingerprint density at radius 1 is 0.505 bits per heavy atom. The highest BCUT2D eigenvalue weighted by molar-refractivity contribution is 7.16. The summed E-state index contributed by atoms with van der Waals surface area (Å²) in [4.78, 5) is 88.3. The Kier molecular flexibility index (Phi) is 26.7. The Hall–Kier alpha value is -6.30. The van der Waals surface area contributed by atoms with Gasteiger partial charge in [-0.25, -0.2) is 14.4 Å². The summed E-state index contributed by atoms with van der Waals surface area (Å²) >= 11 is 3.86. The van der Waals surface area contributed by atoms with Crippen molar-refractivity contribution in [2.45, 2.75) is 227 Å². The normalized spacial score (nSPS) is 23.9. The lowest BCUT2D eigenvalue weighted by Gasteiger charge is -2.47. The maximum absolute atomic E-state index is 13.8. The molecule has 3 aromatic rings. The van der Waals surface area contributed by atoms with Crippen LogP contribution in [0.25, 0.3) is 0 Å². The van der Waals surface area contributed by atoms with Crippen molar-refractivity contribution < 1.29 is 57.2 Å². The number of rotatable bonds is 15.